The smallest absolute Gasteiger partial charge is 0.246 e. The lowest BCUT2D eigenvalue weighted by molar-refractivity contribution is -0.129. The maximum atomic E-state index is 10.9. The summed E-state index contributed by atoms with van der Waals surface area (Å²) >= 11 is 0. The van der Waals surface area contributed by atoms with E-state index in [4.69, 9.17) is 4.74 Å². The van der Waals surface area contributed by atoms with Crippen molar-refractivity contribution < 1.29 is 14.3 Å². The first-order valence-electron chi connectivity index (χ1n) is 10.6. The van der Waals surface area contributed by atoms with Gasteiger partial charge in [-0.05, 0) is 35.9 Å². The third kappa shape index (κ3) is 5.07. The Morgan fingerprint density at radius 3 is 2.85 bits per heavy atom. The number of carbonyl (C=O) groups is 2. The van der Waals surface area contributed by atoms with Gasteiger partial charge in [0.15, 0.2) is 0 Å². The zero-order chi connectivity index (χ0) is 23.0. The average Bonchev–Trinajstić information content (AvgIpc) is 3.48. The van der Waals surface area contributed by atoms with Gasteiger partial charge in [-0.3, -0.25) is 9.59 Å². The molecule has 2 N–H and O–H groups in total. The fourth-order valence-electron chi connectivity index (χ4n) is 3.67. The van der Waals surface area contributed by atoms with E-state index in [0.717, 1.165) is 39.8 Å². The number of fused-ring (bicyclic) bond motifs is 2. The molecular formula is C23H25N7O3. The second kappa shape index (κ2) is 10.5. The average molecular weight is 447 g/mol. The van der Waals surface area contributed by atoms with Crippen molar-refractivity contribution in [1.29, 1.82) is 0 Å². The van der Waals surface area contributed by atoms with Crippen molar-refractivity contribution in [2.24, 2.45) is 0 Å². The molecule has 170 valence electrons. The maximum Gasteiger partial charge on any atom is 0.246 e. The molecule has 1 fully saturated rings. The predicted molar refractivity (Wildman–Crippen MR) is 123 cm³/mol. The first-order chi connectivity index (χ1) is 16.2. The molecule has 0 aliphatic carbocycles. The van der Waals surface area contributed by atoms with E-state index in [1.807, 2.05) is 24.4 Å². The Morgan fingerprint density at radius 2 is 2.06 bits per heavy atom. The highest BCUT2D eigenvalue weighted by Gasteiger charge is 2.13. The Morgan fingerprint density at radius 1 is 1.21 bits per heavy atom. The molecule has 0 bridgehead atoms. The summed E-state index contributed by atoms with van der Waals surface area (Å²) in [6, 6.07) is 7.94. The highest BCUT2D eigenvalue weighted by Crippen LogP contribution is 2.30. The van der Waals surface area contributed by atoms with Crippen LogP contribution in [0.1, 0.15) is 5.69 Å². The van der Waals surface area contributed by atoms with Gasteiger partial charge in [-0.25, -0.2) is 4.98 Å². The first kappa shape index (κ1) is 22.2. The van der Waals surface area contributed by atoms with Gasteiger partial charge in [-0.1, -0.05) is 6.58 Å². The molecule has 10 heteroatoms. The zero-order valence-electron chi connectivity index (χ0n) is 18.1. The zero-order valence-corrected chi connectivity index (χ0v) is 18.1. The van der Waals surface area contributed by atoms with E-state index in [1.54, 1.807) is 21.9 Å². The number of morpholine rings is 1. The third-order valence-corrected chi connectivity index (χ3v) is 5.30. The molecule has 0 unspecified atom stereocenters. The lowest BCUT2D eigenvalue weighted by Gasteiger charge is -2.25. The molecule has 5 heterocycles. The second-order valence-corrected chi connectivity index (χ2v) is 7.34. The number of ether oxygens (including phenoxy) is 1. The fourth-order valence-corrected chi connectivity index (χ4v) is 3.67. The van der Waals surface area contributed by atoms with E-state index in [1.165, 1.54) is 6.08 Å². The minimum atomic E-state index is 0.00306. The van der Waals surface area contributed by atoms with E-state index in [2.05, 4.69) is 38.1 Å². The Labute approximate surface area is 190 Å². The van der Waals surface area contributed by atoms with Crippen LogP contribution in [-0.4, -0.2) is 74.9 Å². The minimum Gasteiger partial charge on any atom is -0.378 e. The first-order valence-corrected chi connectivity index (χ1v) is 10.6. The molecule has 5 rings (SSSR count). The van der Waals surface area contributed by atoms with Crippen molar-refractivity contribution in [1.82, 2.24) is 35.0 Å². The van der Waals surface area contributed by atoms with Crippen LogP contribution in [0, 0.1) is 0 Å². The van der Waals surface area contributed by atoms with Crippen LogP contribution in [0.3, 0.4) is 0 Å². The lowest BCUT2D eigenvalue weighted by Crippen LogP contribution is -2.39. The van der Waals surface area contributed by atoms with Gasteiger partial charge in [0.05, 0.1) is 24.9 Å². The number of amides is 2. The second-order valence-electron chi connectivity index (χ2n) is 7.34. The molecule has 1 aliphatic rings. The maximum absolute atomic E-state index is 10.9. The number of hydrogen-bond acceptors (Lipinski definition) is 6. The molecule has 2 amide bonds. The van der Waals surface area contributed by atoms with Crippen LogP contribution in [0.15, 0.2) is 55.5 Å². The highest BCUT2D eigenvalue weighted by atomic mass is 16.5. The van der Waals surface area contributed by atoms with Gasteiger partial charge < -0.3 is 19.9 Å². The number of pyridine rings is 1. The van der Waals surface area contributed by atoms with Crippen molar-refractivity contribution in [2.75, 3.05) is 32.8 Å². The standard InChI is InChI=1S/C16H14N6O.C7H11NO2/c23-10-17-6-3-11-8-13-12(4-7-18-16(13)21-11)14-9-20-22-15(14)2-1-5-19-22;1-2-7(9)8-3-5-10-6-4-8/h1-2,4-5,7-10H,3,6H2,(H,17,23)(H,18,21);2H,1,3-6H2. The Kier molecular flexibility index (Phi) is 7.06. The number of rotatable bonds is 6. The van der Waals surface area contributed by atoms with Gasteiger partial charge in [0.1, 0.15) is 5.65 Å². The van der Waals surface area contributed by atoms with Gasteiger partial charge in [0.25, 0.3) is 0 Å². The van der Waals surface area contributed by atoms with E-state index < -0.39 is 0 Å². The SMILES string of the molecule is C=CC(=O)N1CCOCC1.O=CNCCc1cc2c(-c3cnn4ncccc34)ccnc2[nH]1. The van der Waals surface area contributed by atoms with Crippen LogP contribution in [-0.2, 0) is 20.7 Å². The summed E-state index contributed by atoms with van der Waals surface area (Å²) in [4.78, 5) is 30.7. The molecule has 0 aromatic carbocycles. The molecule has 0 atom stereocenters. The Balaban J connectivity index is 0.000000219. The van der Waals surface area contributed by atoms with Crippen molar-refractivity contribution >= 4 is 28.9 Å². The molecule has 0 saturated carbocycles. The summed E-state index contributed by atoms with van der Waals surface area (Å²) < 4.78 is 6.68. The summed E-state index contributed by atoms with van der Waals surface area (Å²) in [5.41, 5.74) is 4.88. The monoisotopic (exact) mass is 447 g/mol. The number of nitrogens with zero attached hydrogens (tertiary/aromatic N) is 5. The summed E-state index contributed by atoms with van der Waals surface area (Å²) in [5.74, 6) is 0.00306. The third-order valence-electron chi connectivity index (χ3n) is 5.30. The number of H-pyrrole nitrogens is 1. The number of nitrogens with one attached hydrogen (secondary N) is 2. The highest BCUT2D eigenvalue weighted by molar-refractivity contribution is 5.97. The van der Waals surface area contributed by atoms with Gasteiger partial charge in [-0.2, -0.15) is 14.8 Å². The summed E-state index contributed by atoms with van der Waals surface area (Å²) in [6.45, 7) is 6.70. The van der Waals surface area contributed by atoms with Gasteiger partial charge >= 0.3 is 0 Å². The molecule has 1 saturated heterocycles. The number of carbonyl (C=O) groups excluding carboxylic acids is 2. The van der Waals surface area contributed by atoms with Crippen molar-refractivity contribution in [3.05, 3.63) is 61.2 Å². The predicted octanol–water partition coefficient (Wildman–Crippen LogP) is 1.59. The van der Waals surface area contributed by atoms with Crippen LogP contribution in [0.25, 0.3) is 27.7 Å². The summed E-state index contributed by atoms with van der Waals surface area (Å²) in [6.07, 6.45) is 8.08. The fraction of sp³-hybridized carbons (Fsp3) is 0.261. The normalized spacial score (nSPS) is 13.4. The minimum absolute atomic E-state index is 0.00306. The number of hydrogen-bond donors (Lipinski definition) is 2. The topological polar surface area (TPSA) is 118 Å². The number of aromatic amines is 1. The van der Waals surface area contributed by atoms with Crippen LogP contribution < -0.4 is 5.32 Å². The molecule has 1 aliphatic heterocycles. The van der Waals surface area contributed by atoms with Gasteiger partial charge in [0, 0.05) is 55.1 Å². The number of aromatic nitrogens is 5. The lowest BCUT2D eigenvalue weighted by atomic mass is 10.1. The molecular weight excluding hydrogens is 422 g/mol. The summed E-state index contributed by atoms with van der Waals surface area (Å²) in [5, 5.41) is 12.2. The Hall–Kier alpha value is -4.05. The molecule has 10 nitrogen and oxygen atoms in total. The van der Waals surface area contributed by atoms with Crippen LogP contribution >= 0.6 is 0 Å². The largest absolute Gasteiger partial charge is 0.378 e. The molecule has 0 radical (unpaired) electrons. The van der Waals surface area contributed by atoms with E-state index in [-0.39, 0.29) is 5.91 Å². The Bertz CT molecular complexity index is 1260. The van der Waals surface area contributed by atoms with Gasteiger partial charge in [0.2, 0.25) is 12.3 Å². The molecule has 4 aromatic heterocycles. The van der Waals surface area contributed by atoms with Crippen molar-refractivity contribution in [3.8, 4) is 11.1 Å². The molecule has 33 heavy (non-hydrogen) atoms. The van der Waals surface area contributed by atoms with Crippen molar-refractivity contribution in [2.45, 2.75) is 6.42 Å². The van der Waals surface area contributed by atoms with Crippen molar-refractivity contribution in [3.63, 3.8) is 0 Å². The van der Waals surface area contributed by atoms with Crippen LogP contribution in [0.5, 0.6) is 0 Å². The van der Waals surface area contributed by atoms with Gasteiger partial charge in [-0.15, -0.1) is 0 Å². The summed E-state index contributed by atoms with van der Waals surface area (Å²) in [7, 11) is 0. The van der Waals surface area contributed by atoms with E-state index in [9.17, 15) is 9.59 Å². The van der Waals surface area contributed by atoms with E-state index >= 15 is 0 Å². The van der Waals surface area contributed by atoms with E-state index in [0.29, 0.717) is 39.3 Å². The van der Waals surface area contributed by atoms with Crippen LogP contribution in [0.2, 0.25) is 0 Å². The molecule has 0 spiro atoms. The quantitative estimate of drug-likeness (QED) is 0.263. The molecule has 4 aromatic rings. The van der Waals surface area contributed by atoms with Crippen LogP contribution in [0.4, 0.5) is 0 Å².